The Hall–Kier alpha value is -1.57. The highest BCUT2D eigenvalue weighted by molar-refractivity contribution is 5.77. The second kappa shape index (κ2) is 3.23. The fraction of sp³-hybridized carbons (Fsp3) is 0.308. The van der Waals surface area contributed by atoms with Crippen molar-refractivity contribution in [2.75, 3.05) is 0 Å². The Morgan fingerprint density at radius 3 is 2.47 bits per heavy atom. The number of rotatable bonds is 0. The van der Waals surface area contributed by atoms with Crippen LogP contribution in [-0.2, 0) is 5.41 Å². The average molecular weight is 201 g/mol. The second-order valence-corrected chi connectivity index (χ2v) is 4.80. The van der Waals surface area contributed by atoms with Gasteiger partial charge in [-0.25, -0.2) is 0 Å². The van der Waals surface area contributed by atoms with Gasteiger partial charge < -0.3 is 4.42 Å². The lowest BCUT2D eigenvalue weighted by molar-refractivity contribution is 0.532. The quantitative estimate of drug-likeness (QED) is 0.698. The van der Waals surface area contributed by atoms with Crippen LogP contribution in [0, 0.1) is 5.41 Å². The average Bonchev–Trinajstić information content (AvgIpc) is 2.15. The molecule has 1 N–H and O–H groups in total. The maximum atomic E-state index is 7.39. The molecule has 2 heteroatoms. The van der Waals surface area contributed by atoms with Crippen molar-refractivity contribution in [1.29, 1.82) is 5.41 Å². The van der Waals surface area contributed by atoms with E-state index in [-0.39, 0.29) is 11.0 Å². The predicted octanol–water partition coefficient (Wildman–Crippen LogP) is 3.21. The predicted molar refractivity (Wildman–Crippen MR) is 60.8 cm³/mol. The maximum Gasteiger partial charge on any atom is 0.211 e. The van der Waals surface area contributed by atoms with E-state index < -0.39 is 0 Å². The first-order valence-corrected chi connectivity index (χ1v) is 5.06. The summed E-state index contributed by atoms with van der Waals surface area (Å²) in [5.74, 6) is 0. The Balaban J connectivity index is 2.67. The molecule has 0 unspecified atom stereocenters. The highest BCUT2D eigenvalue weighted by Crippen LogP contribution is 2.25. The normalized spacial score (nSPS) is 11.9. The van der Waals surface area contributed by atoms with E-state index in [1.807, 2.05) is 12.1 Å². The van der Waals surface area contributed by atoms with Crippen molar-refractivity contribution in [3.8, 4) is 0 Å². The van der Waals surface area contributed by atoms with Gasteiger partial charge >= 0.3 is 0 Å². The topological polar surface area (TPSA) is 37.0 Å². The Bertz CT molecular complexity index is 546. The summed E-state index contributed by atoms with van der Waals surface area (Å²) in [6.45, 7) is 6.55. The SMILES string of the molecule is CC(C)(C)c1ccc2oc(=N)ccc2c1. The molecule has 2 aromatic rings. The molecule has 0 saturated carbocycles. The summed E-state index contributed by atoms with van der Waals surface area (Å²) in [6.07, 6.45) is 0. The lowest BCUT2D eigenvalue weighted by Gasteiger charge is -2.19. The van der Waals surface area contributed by atoms with Gasteiger partial charge in [-0.05, 0) is 29.2 Å². The van der Waals surface area contributed by atoms with Crippen molar-refractivity contribution >= 4 is 11.0 Å². The molecule has 0 saturated heterocycles. The largest absolute Gasteiger partial charge is 0.439 e. The third-order valence-electron chi connectivity index (χ3n) is 2.51. The summed E-state index contributed by atoms with van der Waals surface area (Å²) in [5, 5.41) is 8.44. The molecule has 0 spiro atoms. The zero-order chi connectivity index (χ0) is 11.1. The molecule has 1 aromatic heterocycles. The van der Waals surface area contributed by atoms with E-state index in [0.29, 0.717) is 0 Å². The first-order chi connectivity index (χ1) is 6.97. The lowest BCUT2D eigenvalue weighted by atomic mass is 9.86. The minimum atomic E-state index is 0.147. The molecule has 0 amide bonds. The maximum absolute atomic E-state index is 7.39. The number of hydrogen-bond donors (Lipinski definition) is 1. The van der Waals surface area contributed by atoms with E-state index in [0.717, 1.165) is 11.0 Å². The smallest absolute Gasteiger partial charge is 0.211 e. The van der Waals surface area contributed by atoms with Crippen molar-refractivity contribution in [2.24, 2.45) is 0 Å². The van der Waals surface area contributed by atoms with E-state index >= 15 is 0 Å². The van der Waals surface area contributed by atoms with Gasteiger partial charge in [0.05, 0.1) is 0 Å². The number of nitrogens with one attached hydrogen (secondary N) is 1. The molecule has 0 aliphatic carbocycles. The molecule has 0 bridgehead atoms. The van der Waals surface area contributed by atoms with E-state index in [9.17, 15) is 0 Å². The zero-order valence-corrected chi connectivity index (χ0v) is 9.29. The Kier molecular flexibility index (Phi) is 2.14. The van der Waals surface area contributed by atoms with Crippen molar-refractivity contribution in [1.82, 2.24) is 0 Å². The third-order valence-corrected chi connectivity index (χ3v) is 2.51. The van der Waals surface area contributed by atoms with Crippen LogP contribution in [0.1, 0.15) is 26.3 Å². The van der Waals surface area contributed by atoms with Crippen LogP contribution in [0.5, 0.6) is 0 Å². The van der Waals surface area contributed by atoms with Crippen LogP contribution in [0.4, 0.5) is 0 Å². The van der Waals surface area contributed by atoms with Crippen LogP contribution >= 0.6 is 0 Å². The molecule has 1 aromatic carbocycles. The minimum Gasteiger partial charge on any atom is -0.439 e. The molecule has 0 fully saturated rings. The van der Waals surface area contributed by atoms with Gasteiger partial charge in [0, 0.05) is 11.5 Å². The van der Waals surface area contributed by atoms with Crippen LogP contribution in [0.25, 0.3) is 11.0 Å². The molecule has 0 atom stereocenters. The number of hydrogen-bond acceptors (Lipinski definition) is 2. The minimum absolute atomic E-state index is 0.147. The van der Waals surface area contributed by atoms with Crippen molar-refractivity contribution in [3.63, 3.8) is 0 Å². The molecular weight excluding hydrogens is 186 g/mol. The van der Waals surface area contributed by atoms with Crippen LogP contribution in [0.15, 0.2) is 34.7 Å². The highest BCUT2D eigenvalue weighted by Gasteiger charge is 2.13. The Morgan fingerprint density at radius 2 is 1.80 bits per heavy atom. The zero-order valence-electron chi connectivity index (χ0n) is 9.29. The van der Waals surface area contributed by atoms with E-state index in [4.69, 9.17) is 9.83 Å². The molecule has 15 heavy (non-hydrogen) atoms. The van der Waals surface area contributed by atoms with E-state index in [2.05, 4.69) is 32.9 Å². The molecule has 2 rings (SSSR count). The molecular formula is C13H15NO. The second-order valence-electron chi connectivity index (χ2n) is 4.80. The van der Waals surface area contributed by atoms with E-state index in [1.165, 1.54) is 5.56 Å². The van der Waals surface area contributed by atoms with Crippen LogP contribution < -0.4 is 5.55 Å². The molecule has 78 valence electrons. The summed E-state index contributed by atoms with van der Waals surface area (Å²) in [4.78, 5) is 0. The van der Waals surface area contributed by atoms with Gasteiger partial charge in [-0.2, -0.15) is 0 Å². The van der Waals surface area contributed by atoms with Gasteiger partial charge in [0.2, 0.25) is 5.55 Å². The lowest BCUT2D eigenvalue weighted by Crippen LogP contribution is -2.10. The van der Waals surface area contributed by atoms with Crippen LogP contribution in [-0.4, -0.2) is 0 Å². The monoisotopic (exact) mass is 201 g/mol. The van der Waals surface area contributed by atoms with Crippen molar-refractivity contribution < 1.29 is 4.42 Å². The molecule has 0 aliphatic heterocycles. The van der Waals surface area contributed by atoms with Gasteiger partial charge in [-0.15, -0.1) is 0 Å². The summed E-state index contributed by atoms with van der Waals surface area (Å²) in [6, 6.07) is 9.72. The number of benzene rings is 1. The first kappa shape index (κ1) is 9.97. The molecule has 0 aliphatic rings. The van der Waals surface area contributed by atoms with Gasteiger partial charge in [0.1, 0.15) is 5.58 Å². The molecule has 0 radical (unpaired) electrons. The Labute approximate surface area is 89.1 Å². The Morgan fingerprint density at radius 1 is 1.07 bits per heavy atom. The fourth-order valence-electron chi connectivity index (χ4n) is 1.56. The third kappa shape index (κ3) is 1.94. The van der Waals surface area contributed by atoms with Crippen LogP contribution in [0.3, 0.4) is 0 Å². The summed E-state index contributed by atoms with van der Waals surface area (Å²) in [7, 11) is 0. The number of fused-ring (bicyclic) bond motifs is 1. The first-order valence-electron chi connectivity index (χ1n) is 5.06. The summed E-state index contributed by atoms with van der Waals surface area (Å²) < 4.78 is 5.30. The van der Waals surface area contributed by atoms with Gasteiger partial charge in [0.25, 0.3) is 0 Å². The summed E-state index contributed by atoms with van der Waals surface area (Å²) >= 11 is 0. The summed E-state index contributed by atoms with van der Waals surface area (Å²) in [5.41, 5.74) is 2.40. The van der Waals surface area contributed by atoms with Crippen molar-refractivity contribution in [3.05, 3.63) is 41.4 Å². The van der Waals surface area contributed by atoms with Crippen LogP contribution in [0.2, 0.25) is 0 Å². The molecule has 1 heterocycles. The van der Waals surface area contributed by atoms with Gasteiger partial charge in [-0.1, -0.05) is 26.8 Å². The molecule has 2 nitrogen and oxygen atoms in total. The van der Waals surface area contributed by atoms with Gasteiger partial charge in [0.15, 0.2) is 0 Å². The fourth-order valence-corrected chi connectivity index (χ4v) is 1.56. The standard InChI is InChI=1S/C13H15NO/c1-13(2,3)10-5-6-11-9(8-10)4-7-12(14)15-11/h4-8,14H,1-3H3. The van der Waals surface area contributed by atoms with E-state index in [1.54, 1.807) is 6.07 Å². The van der Waals surface area contributed by atoms with Crippen molar-refractivity contribution in [2.45, 2.75) is 26.2 Å². The highest BCUT2D eigenvalue weighted by atomic mass is 16.3. The van der Waals surface area contributed by atoms with Gasteiger partial charge in [-0.3, -0.25) is 5.41 Å².